The molecule has 1 aromatic heterocycles. The Labute approximate surface area is 65.1 Å². The largest absolute Gasteiger partial charge is 0.350 e. The van der Waals surface area contributed by atoms with Crippen LogP contribution in [0.25, 0.3) is 0 Å². The molecule has 0 unspecified atom stereocenters. The van der Waals surface area contributed by atoms with Crippen molar-refractivity contribution in [1.29, 1.82) is 0 Å². The molecule has 0 radical (unpaired) electrons. The van der Waals surface area contributed by atoms with Crippen LogP contribution in [0.4, 0.5) is 5.95 Å². The summed E-state index contributed by atoms with van der Waals surface area (Å²) >= 11 is 0. The molecule has 11 heavy (non-hydrogen) atoms. The molecule has 1 aromatic rings. The second-order valence-electron chi connectivity index (χ2n) is 2.74. The van der Waals surface area contributed by atoms with Crippen molar-refractivity contribution >= 4 is 5.95 Å². The van der Waals surface area contributed by atoms with Crippen molar-refractivity contribution in [1.82, 2.24) is 15.2 Å². The quantitative estimate of drug-likeness (QED) is 0.678. The van der Waals surface area contributed by atoms with Gasteiger partial charge in [0.2, 0.25) is 5.95 Å². The van der Waals surface area contributed by atoms with Gasteiger partial charge in [-0.3, -0.25) is 0 Å². The van der Waals surface area contributed by atoms with E-state index in [4.69, 9.17) is 0 Å². The summed E-state index contributed by atoms with van der Waals surface area (Å²) in [6.07, 6.45) is 7.01. The topological polar surface area (TPSA) is 50.7 Å². The summed E-state index contributed by atoms with van der Waals surface area (Å²) in [5, 5.41) is 10.7. The Balaban J connectivity index is 1.95. The van der Waals surface area contributed by atoms with Gasteiger partial charge in [0.15, 0.2) is 0 Å². The number of anilines is 1. The maximum atomic E-state index is 4.02. The van der Waals surface area contributed by atoms with Gasteiger partial charge in [-0.25, -0.2) is 4.98 Å². The molecule has 1 heterocycles. The first kappa shape index (κ1) is 6.52. The maximum absolute atomic E-state index is 4.02. The Kier molecular flexibility index (Phi) is 1.67. The smallest absolute Gasteiger partial charge is 0.242 e. The number of aromatic nitrogens is 3. The average Bonchev–Trinajstić information content (AvgIpc) is 1.99. The van der Waals surface area contributed by atoms with E-state index >= 15 is 0 Å². The van der Waals surface area contributed by atoms with E-state index in [0.717, 1.165) is 0 Å². The highest BCUT2D eigenvalue weighted by atomic mass is 15.2. The molecule has 0 aromatic carbocycles. The summed E-state index contributed by atoms with van der Waals surface area (Å²) < 4.78 is 0. The molecule has 0 bridgehead atoms. The van der Waals surface area contributed by atoms with Gasteiger partial charge in [-0.2, -0.15) is 5.10 Å². The fourth-order valence-corrected chi connectivity index (χ4v) is 1.05. The van der Waals surface area contributed by atoms with Crippen LogP contribution in [0.2, 0.25) is 0 Å². The number of nitrogens with one attached hydrogen (secondary N) is 1. The van der Waals surface area contributed by atoms with E-state index in [2.05, 4.69) is 20.5 Å². The fourth-order valence-electron chi connectivity index (χ4n) is 1.05. The normalized spacial score (nSPS) is 17.5. The minimum Gasteiger partial charge on any atom is -0.350 e. The minimum absolute atomic E-state index is 0.583. The van der Waals surface area contributed by atoms with Crippen LogP contribution < -0.4 is 5.32 Å². The molecule has 58 valence electrons. The molecule has 1 saturated carbocycles. The molecule has 1 fully saturated rings. The molecule has 0 amide bonds. The SMILES string of the molecule is c1cnc(NC2CCC2)nn1. The summed E-state index contributed by atoms with van der Waals surface area (Å²) in [5.41, 5.74) is 0. The van der Waals surface area contributed by atoms with Crippen molar-refractivity contribution in [2.24, 2.45) is 0 Å². The lowest BCUT2D eigenvalue weighted by Gasteiger charge is -2.25. The summed E-state index contributed by atoms with van der Waals surface area (Å²) in [7, 11) is 0. The van der Waals surface area contributed by atoms with Crippen LogP contribution in [0, 0.1) is 0 Å². The van der Waals surface area contributed by atoms with E-state index < -0.39 is 0 Å². The van der Waals surface area contributed by atoms with Crippen LogP contribution >= 0.6 is 0 Å². The Bertz CT molecular complexity index is 219. The fraction of sp³-hybridized carbons (Fsp3) is 0.571. The molecule has 0 atom stereocenters. The molecule has 1 aliphatic rings. The van der Waals surface area contributed by atoms with E-state index in [9.17, 15) is 0 Å². The molecule has 1 aliphatic carbocycles. The number of hydrogen-bond donors (Lipinski definition) is 1. The van der Waals surface area contributed by atoms with Crippen LogP contribution in [0.1, 0.15) is 19.3 Å². The van der Waals surface area contributed by atoms with Crippen molar-refractivity contribution in [2.45, 2.75) is 25.3 Å². The van der Waals surface area contributed by atoms with E-state index in [1.54, 1.807) is 12.4 Å². The Hall–Kier alpha value is -1.19. The van der Waals surface area contributed by atoms with Crippen molar-refractivity contribution in [3.05, 3.63) is 12.4 Å². The second kappa shape index (κ2) is 2.82. The molecule has 2 rings (SSSR count). The van der Waals surface area contributed by atoms with Crippen LogP contribution in [-0.4, -0.2) is 21.2 Å². The highest BCUT2D eigenvalue weighted by molar-refractivity contribution is 5.23. The lowest BCUT2D eigenvalue weighted by atomic mass is 9.93. The zero-order valence-corrected chi connectivity index (χ0v) is 6.20. The zero-order chi connectivity index (χ0) is 7.52. The first-order valence-corrected chi connectivity index (χ1v) is 3.85. The van der Waals surface area contributed by atoms with Crippen molar-refractivity contribution in [3.63, 3.8) is 0 Å². The third kappa shape index (κ3) is 1.45. The summed E-state index contributed by atoms with van der Waals surface area (Å²) in [6, 6.07) is 0.583. The van der Waals surface area contributed by atoms with Crippen molar-refractivity contribution in [3.8, 4) is 0 Å². The average molecular weight is 150 g/mol. The molecule has 4 heteroatoms. The second-order valence-corrected chi connectivity index (χ2v) is 2.74. The molecular formula is C7H10N4. The van der Waals surface area contributed by atoms with Gasteiger partial charge in [-0.15, -0.1) is 5.10 Å². The maximum Gasteiger partial charge on any atom is 0.242 e. The van der Waals surface area contributed by atoms with Gasteiger partial charge in [0, 0.05) is 6.04 Å². The monoisotopic (exact) mass is 150 g/mol. The van der Waals surface area contributed by atoms with Crippen molar-refractivity contribution < 1.29 is 0 Å². The summed E-state index contributed by atoms with van der Waals surface area (Å²) in [6.45, 7) is 0. The van der Waals surface area contributed by atoms with Gasteiger partial charge in [-0.05, 0) is 19.3 Å². The predicted molar refractivity (Wildman–Crippen MR) is 41.1 cm³/mol. The van der Waals surface area contributed by atoms with Crippen molar-refractivity contribution in [2.75, 3.05) is 5.32 Å². The zero-order valence-electron chi connectivity index (χ0n) is 6.20. The third-order valence-corrected chi connectivity index (χ3v) is 1.92. The van der Waals surface area contributed by atoms with Gasteiger partial charge in [0.1, 0.15) is 0 Å². The minimum atomic E-state index is 0.583. The standard InChI is InChI=1S/C7H10N4/c1-2-6(3-1)10-7-8-4-5-9-11-7/h4-6H,1-3H2,(H,8,10,11). The van der Waals surface area contributed by atoms with Crippen LogP contribution in [0.15, 0.2) is 12.4 Å². The van der Waals surface area contributed by atoms with Crippen LogP contribution in [0.3, 0.4) is 0 Å². The van der Waals surface area contributed by atoms with E-state index in [1.807, 2.05) is 0 Å². The van der Waals surface area contributed by atoms with E-state index in [1.165, 1.54) is 19.3 Å². The Morgan fingerprint density at radius 3 is 2.82 bits per heavy atom. The highest BCUT2D eigenvalue weighted by Gasteiger charge is 2.17. The Morgan fingerprint density at radius 1 is 1.36 bits per heavy atom. The summed E-state index contributed by atoms with van der Waals surface area (Å²) in [5.74, 6) is 0.650. The van der Waals surface area contributed by atoms with Gasteiger partial charge in [0.25, 0.3) is 0 Å². The van der Waals surface area contributed by atoms with E-state index in [-0.39, 0.29) is 0 Å². The molecule has 0 spiro atoms. The van der Waals surface area contributed by atoms with Gasteiger partial charge in [-0.1, -0.05) is 0 Å². The molecular weight excluding hydrogens is 140 g/mol. The molecule has 4 nitrogen and oxygen atoms in total. The lowest BCUT2D eigenvalue weighted by molar-refractivity contribution is 0.442. The van der Waals surface area contributed by atoms with E-state index in [0.29, 0.717) is 12.0 Å². The third-order valence-electron chi connectivity index (χ3n) is 1.92. The Morgan fingerprint density at radius 2 is 2.27 bits per heavy atom. The number of nitrogens with zero attached hydrogens (tertiary/aromatic N) is 3. The van der Waals surface area contributed by atoms with Gasteiger partial charge < -0.3 is 5.32 Å². The first-order valence-electron chi connectivity index (χ1n) is 3.85. The highest BCUT2D eigenvalue weighted by Crippen LogP contribution is 2.20. The predicted octanol–water partition coefficient (Wildman–Crippen LogP) is 0.836. The lowest BCUT2D eigenvalue weighted by Crippen LogP contribution is -2.28. The molecule has 0 aliphatic heterocycles. The number of rotatable bonds is 2. The van der Waals surface area contributed by atoms with Crippen LogP contribution in [0.5, 0.6) is 0 Å². The number of hydrogen-bond acceptors (Lipinski definition) is 4. The molecule has 0 saturated heterocycles. The molecule has 1 N–H and O–H groups in total. The first-order chi connectivity index (χ1) is 5.45. The van der Waals surface area contributed by atoms with Crippen LogP contribution in [-0.2, 0) is 0 Å². The van der Waals surface area contributed by atoms with Gasteiger partial charge in [0.05, 0.1) is 12.4 Å². The van der Waals surface area contributed by atoms with Gasteiger partial charge >= 0.3 is 0 Å². The summed E-state index contributed by atoms with van der Waals surface area (Å²) in [4.78, 5) is 4.02.